The van der Waals surface area contributed by atoms with Gasteiger partial charge in [0.15, 0.2) is 0 Å². The van der Waals surface area contributed by atoms with Gasteiger partial charge in [-0.2, -0.15) is 5.10 Å². The van der Waals surface area contributed by atoms with Crippen LogP contribution in [-0.4, -0.2) is 16.6 Å². The summed E-state index contributed by atoms with van der Waals surface area (Å²) in [6.45, 7) is 6.13. The lowest BCUT2D eigenvalue weighted by atomic mass is 10.1. The third kappa shape index (κ3) is 4.21. The fourth-order valence-corrected chi connectivity index (χ4v) is 1.34. The summed E-state index contributed by atoms with van der Waals surface area (Å²) >= 11 is 0. The molecule has 0 aliphatic heterocycles. The number of amides is 1. The summed E-state index contributed by atoms with van der Waals surface area (Å²) in [6, 6.07) is 3.43. The summed E-state index contributed by atoms with van der Waals surface area (Å²) in [7, 11) is 0. The lowest BCUT2D eigenvalue weighted by Crippen LogP contribution is -2.19. The van der Waals surface area contributed by atoms with Gasteiger partial charge in [-0.15, -0.1) is 0 Å². The molecule has 1 amide bonds. The molecule has 86 valence electrons. The van der Waals surface area contributed by atoms with E-state index in [1.807, 2.05) is 6.92 Å². The van der Waals surface area contributed by atoms with Crippen molar-refractivity contribution in [3.63, 3.8) is 0 Å². The van der Waals surface area contributed by atoms with Crippen LogP contribution in [0.5, 0.6) is 0 Å². The number of hydrogen-bond acceptors (Lipinski definition) is 3. The van der Waals surface area contributed by atoms with Gasteiger partial charge in [-0.05, 0) is 31.4 Å². The molecule has 1 rings (SSSR count). The Morgan fingerprint density at radius 2 is 2.31 bits per heavy atom. The Morgan fingerprint density at radius 3 is 2.88 bits per heavy atom. The molecule has 1 N–H and O–H groups in total. The van der Waals surface area contributed by atoms with Gasteiger partial charge in [0.05, 0.1) is 5.56 Å². The molecule has 1 heterocycles. The second-order valence-corrected chi connectivity index (χ2v) is 4.13. The zero-order valence-electron chi connectivity index (χ0n) is 9.90. The summed E-state index contributed by atoms with van der Waals surface area (Å²) in [6.07, 6.45) is 4.03. The van der Waals surface area contributed by atoms with Gasteiger partial charge >= 0.3 is 0 Å². The Kier molecular flexibility index (Phi) is 4.64. The number of pyridine rings is 1. The first-order valence-electron chi connectivity index (χ1n) is 5.33. The van der Waals surface area contributed by atoms with Gasteiger partial charge in [0.2, 0.25) is 0 Å². The Balaban J connectivity index is 2.53. The highest BCUT2D eigenvalue weighted by molar-refractivity contribution is 5.94. The molecular weight excluding hydrogens is 202 g/mol. The monoisotopic (exact) mass is 219 g/mol. The van der Waals surface area contributed by atoms with Crippen LogP contribution in [0.3, 0.4) is 0 Å². The first-order chi connectivity index (χ1) is 7.59. The van der Waals surface area contributed by atoms with Crippen LogP contribution in [0, 0.1) is 5.92 Å². The summed E-state index contributed by atoms with van der Waals surface area (Å²) < 4.78 is 0. The minimum atomic E-state index is -0.226. The van der Waals surface area contributed by atoms with E-state index in [4.69, 9.17) is 0 Å². The molecule has 0 spiro atoms. The Morgan fingerprint density at radius 1 is 1.56 bits per heavy atom. The van der Waals surface area contributed by atoms with Crippen LogP contribution in [0.4, 0.5) is 0 Å². The van der Waals surface area contributed by atoms with Gasteiger partial charge in [-0.3, -0.25) is 9.78 Å². The van der Waals surface area contributed by atoms with Crippen LogP contribution in [-0.2, 0) is 0 Å². The number of rotatable bonds is 4. The molecule has 1 aromatic rings. The normalized spacial score (nSPS) is 11.6. The number of nitrogens with zero attached hydrogens (tertiary/aromatic N) is 2. The van der Waals surface area contributed by atoms with E-state index in [2.05, 4.69) is 29.4 Å². The number of hydrazone groups is 1. The molecule has 0 saturated carbocycles. The second kappa shape index (κ2) is 6.00. The SMILES string of the molecule is C/C(CC(C)C)=N\NC(=O)c1cccnc1. The van der Waals surface area contributed by atoms with Crippen LogP contribution in [0.1, 0.15) is 37.6 Å². The number of hydrogen-bond donors (Lipinski definition) is 1. The highest BCUT2D eigenvalue weighted by atomic mass is 16.2. The van der Waals surface area contributed by atoms with E-state index >= 15 is 0 Å². The fraction of sp³-hybridized carbons (Fsp3) is 0.417. The van der Waals surface area contributed by atoms with Crippen molar-refractivity contribution in [2.24, 2.45) is 11.0 Å². The van der Waals surface area contributed by atoms with E-state index in [-0.39, 0.29) is 5.91 Å². The molecule has 0 saturated heterocycles. The van der Waals surface area contributed by atoms with Crippen LogP contribution in [0.2, 0.25) is 0 Å². The largest absolute Gasteiger partial charge is 0.272 e. The third-order valence-electron chi connectivity index (χ3n) is 1.98. The zero-order chi connectivity index (χ0) is 12.0. The maximum atomic E-state index is 11.6. The summed E-state index contributed by atoms with van der Waals surface area (Å²) in [5.41, 5.74) is 3.95. The van der Waals surface area contributed by atoms with E-state index in [9.17, 15) is 4.79 Å². The van der Waals surface area contributed by atoms with E-state index in [0.29, 0.717) is 11.5 Å². The molecule has 4 nitrogen and oxygen atoms in total. The highest BCUT2D eigenvalue weighted by Gasteiger charge is 2.03. The topological polar surface area (TPSA) is 54.4 Å². The van der Waals surface area contributed by atoms with E-state index < -0.39 is 0 Å². The van der Waals surface area contributed by atoms with Crippen molar-refractivity contribution >= 4 is 11.6 Å². The summed E-state index contributed by atoms with van der Waals surface area (Å²) in [5.74, 6) is 0.315. The molecule has 0 aromatic carbocycles. The van der Waals surface area contributed by atoms with Gasteiger partial charge in [0.25, 0.3) is 5.91 Å². The van der Waals surface area contributed by atoms with Crippen LogP contribution in [0.25, 0.3) is 0 Å². The van der Waals surface area contributed by atoms with Gasteiger partial charge in [-0.25, -0.2) is 5.43 Å². The van der Waals surface area contributed by atoms with E-state index in [0.717, 1.165) is 12.1 Å². The highest BCUT2D eigenvalue weighted by Crippen LogP contribution is 2.01. The van der Waals surface area contributed by atoms with E-state index in [1.54, 1.807) is 18.3 Å². The van der Waals surface area contributed by atoms with Gasteiger partial charge in [0.1, 0.15) is 0 Å². The smallest absolute Gasteiger partial charge is 0.267 e. The molecule has 0 aliphatic rings. The lowest BCUT2D eigenvalue weighted by Gasteiger charge is -2.04. The molecule has 0 fully saturated rings. The lowest BCUT2D eigenvalue weighted by molar-refractivity contribution is 0.0954. The standard InChI is InChI=1S/C12H17N3O/c1-9(2)7-10(3)14-15-12(16)11-5-4-6-13-8-11/h4-6,8-9H,7H2,1-3H3,(H,15,16)/b14-10+. The predicted molar refractivity (Wildman–Crippen MR) is 64.3 cm³/mol. The van der Waals surface area contributed by atoms with E-state index in [1.165, 1.54) is 6.20 Å². The molecule has 4 heteroatoms. The molecule has 0 bridgehead atoms. The Labute approximate surface area is 95.8 Å². The summed E-state index contributed by atoms with van der Waals surface area (Å²) in [4.78, 5) is 15.4. The van der Waals surface area contributed by atoms with Crippen molar-refractivity contribution in [3.05, 3.63) is 30.1 Å². The molecule has 16 heavy (non-hydrogen) atoms. The first kappa shape index (κ1) is 12.4. The molecule has 0 unspecified atom stereocenters. The van der Waals surface area contributed by atoms with Crippen molar-refractivity contribution in [3.8, 4) is 0 Å². The molecule has 1 aromatic heterocycles. The molecule has 0 atom stereocenters. The summed E-state index contributed by atoms with van der Waals surface area (Å²) in [5, 5.41) is 4.03. The molecule has 0 aliphatic carbocycles. The zero-order valence-corrected chi connectivity index (χ0v) is 9.90. The number of carbonyl (C=O) groups is 1. The Hall–Kier alpha value is -1.71. The van der Waals surface area contributed by atoms with Gasteiger partial charge < -0.3 is 0 Å². The number of aromatic nitrogens is 1. The van der Waals surface area contributed by atoms with Crippen LogP contribution >= 0.6 is 0 Å². The van der Waals surface area contributed by atoms with Crippen LogP contribution < -0.4 is 5.43 Å². The van der Waals surface area contributed by atoms with Crippen molar-refractivity contribution < 1.29 is 4.79 Å². The van der Waals surface area contributed by atoms with Crippen LogP contribution in [0.15, 0.2) is 29.6 Å². The van der Waals surface area contributed by atoms with Gasteiger partial charge in [0, 0.05) is 18.1 Å². The third-order valence-corrected chi connectivity index (χ3v) is 1.98. The van der Waals surface area contributed by atoms with Crippen molar-refractivity contribution in [1.29, 1.82) is 0 Å². The first-order valence-corrected chi connectivity index (χ1v) is 5.33. The number of carbonyl (C=O) groups excluding carboxylic acids is 1. The predicted octanol–water partition coefficient (Wildman–Crippen LogP) is 2.23. The van der Waals surface area contributed by atoms with Crippen molar-refractivity contribution in [2.45, 2.75) is 27.2 Å². The maximum absolute atomic E-state index is 11.6. The maximum Gasteiger partial charge on any atom is 0.272 e. The van der Waals surface area contributed by atoms with Crippen molar-refractivity contribution in [2.75, 3.05) is 0 Å². The second-order valence-electron chi connectivity index (χ2n) is 4.13. The fourth-order valence-electron chi connectivity index (χ4n) is 1.34. The molecular formula is C12H17N3O. The van der Waals surface area contributed by atoms with Crippen molar-refractivity contribution in [1.82, 2.24) is 10.4 Å². The molecule has 0 radical (unpaired) electrons. The Bertz CT molecular complexity index is 371. The van der Waals surface area contributed by atoms with Gasteiger partial charge in [-0.1, -0.05) is 13.8 Å². The average Bonchev–Trinajstić information content (AvgIpc) is 2.26. The minimum Gasteiger partial charge on any atom is -0.267 e. The minimum absolute atomic E-state index is 0.226. The quantitative estimate of drug-likeness (QED) is 0.623. The average molecular weight is 219 g/mol. The number of nitrogens with one attached hydrogen (secondary N) is 1.